The van der Waals surface area contributed by atoms with E-state index >= 15 is 0 Å². The van der Waals surface area contributed by atoms with Gasteiger partial charge in [-0.15, -0.1) is 12.6 Å². The summed E-state index contributed by atoms with van der Waals surface area (Å²) >= 11 is 4.08. The van der Waals surface area contributed by atoms with Gasteiger partial charge in [-0.3, -0.25) is 9.88 Å². The first-order chi connectivity index (χ1) is 13.8. The number of aromatic amines is 1. The lowest BCUT2D eigenvalue weighted by Gasteiger charge is -2.21. The SMILES string of the molecule is NCCN(Cc1cccnc1)Cc1c[nH]c2ccccc12.Sc1ccccc1. The average molecular weight is 391 g/mol. The molecule has 4 rings (SSSR count). The van der Waals surface area contributed by atoms with Crippen LogP contribution in [-0.4, -0.2) is 28.0 Å². The number of fused-ring (bicyclic) bond motifs is 1. The largest absolute Gasteiger partial charge is 0.361 e. The number of nitrogens with one attached hydrogen (secondary N) is 1. The molecule has 28 heavy (non-hydrogen) atoms. The van der Waals surface area contributed by atoms with Gasteiger partial charge in [0.05, 0.1) is 0 Å². The Morgan fingerprint density at radius 3 is 2.39 bits per heavy atom. The number of para-hydroxylation sites is 1. The second-order valence-electron chi connectivity index (χ2n) is 6.56. The number of hydrogen-bond acceptors (Lipinski definition) is 4. The van der Waals surface area contributed by atoms with E-state index in [1.54, 1.807) is 6.20 Å². The summed E-state index contributed by atoms with van der Waals surface area (Å²) in [5.74, 6) is 0. The van der Waals surface area contributed by atoms with Gasteiger partial charge in [0.15, 0.2) is 0 Å². The van der Waals surface area contributed by atoms with E-state index in [0.717, 1.165) is 24.5 Å². The molecular formula is C23H26N4S. The van der Waals surface area contributed by atoms with E-state index < -0.39 is 0 Å². The van der Waals surface area contributed by atoms with Crippen molar-refractivity contribution in [2.45, 2.75) is 18.0 Å². The van der Waals surface area contributed by atoms with Crippen molar-refractivity contribution in [3.8, 4) is 0 Å². The maximum Gasteiger partial charge on any atom is 0.0457 e. The molecule has 0 unspecified atom stereocenters. The first-order valence-corrected chi connectivity index (χ1v) is 9.81. The minimum atomic E-state index is 0.655. The van der Waals surface area contributed by atoms with E-state index in [-0.39, 0.29) is 0 Å². The molecule has 2 heterocycles. The van der Waals surface area contributed by atoms with Crippen molar-refractivity contribution in [1.82, 2.24) is 14.9 Å². The van der Waals surface area contributed by atoms with Crippen LogP contribution in [0.15, 0.2) is 90.2 Å². The molecule has 0 radical (unpaired) electrons. The summed E-state index contributed by atoms with van der Waals surface area (Å²) in [6, 6.07) is 22.3. The summed E-state index contributed by atoms with van der Waals surface area (Å²) in [6.45, 7) is 3.28. The lowest BCUT2D eigenvalue weighted by atomic mass is 10.1. The zero-order chi connectivity index (χ0) is 19.6. The molecule has 3 N–H and O–H groups in total. The van der Waals surface area contributed by atoms with Gasteiger partial charge in [-0.1, -0.05) is 42.5 Å². The Hall–Kier alpha value is -2.60. The fourth-order valence-corrected chi connectivity index (χ4v) is 3.25. The number of H-pyrrole nitrogens is 1. The molecule has 0 fully saturated rings. The fourth-order valence-electron chi connectivity index (χ4n) is 3.08. The summed E-state index contributed by atoms with van der Waals surface area (Å²) in [6.07, 6.45) is 5.81. The predicted octanol–water partition coefficient (Wildman–Crippen LogP) is 4.50. The van der Waals surface area contributed by atoms with Gasteiger partial charge in [-0.25, -0.2) is 0 Å². The second-order valence-corrected chi connectivity index (χ2v) is 7.07. The van der Waals surface area contributed by atoms with Crippen molar-refractivity contribution < 1.29 is 0 Å². The number of thiol groups is 1. The van der Waals surface area contributed by atoms with Crippen LogP contribution in [0, 0.1) is 0 Å². The Balaban J connectivity index is 0.000000271. The zero-order valence-corrected chi connectivity index (χ0v) is 16.7. The number of benzene rings is 2. The normalized spacial score (nSPS) is 10.7. The summed E-state index contributed by atoms with van der Waals surface area (Å²) in [4.78, 5) is 10.9. The van der Waals surface area contributed by atoms with Crippen LogP contribution in [-0.2, 0) is 13.1 Å². The minimum absolute atomic E-state index is 0.655. The molecule has 0 aliphatic carbocycles. The molecule has 0 spiro atoms. The zero-order valence-electron chi connectivity index (χ0n) is 15.8. The predicted molar refractivity (Wildman–Crippen MR) is 119 cm³/mol. The summed E-state index contributed by atoms with van der Waals surface area (Å²) in [5.41, 5.74) is 9.46. The molecule has 0 aliphatic rings. The number of rotatable bonds is 6. The first-order valence-electron chi connectivity index (χ1n) is 9.36. The smallest absolute Gasteiger partial charge is 0.0457 e. The highest BCUT2D eigenvalue weighted by Gasteiger charge is 2.10. The Labute approximate surface area is 171 Å². The van der Waals surface area contributed by atoms with Gasteiger partial charge in [0, 0.05) is 60.6 Å². The lowest BCUT2D eigenvalue weighted by Crippen LogP contribution is -2.28. The van der Waals surface area contributed by atoms with E-state index in [1.807, 2.05) is 42.6 Å². The third-order valence-corrected chi connectivity index (χ3v) is 4.70. The summed E-state index contributed by atoms with van der Waals surface area (Å²) in [5, 5.41) is 1.28. The van der Waals surface area contributed by atoms with E-state index in [2.05, 4.69) is 64.0 Å². The standard InChI is InChI=1S/C17H20N4.C6H6S/c18-7-9-21(12-14-4-3-8-19-10-14)13-15-11-20-17-6-2-1-5-16(15)17;7-6-4-2-1-3-5-6/h1-6,8,10-11,20H,7,9,12-13,18H2;1-5,7H. The van der Waals surface area contributed by atoms with E-state index in [1.165, 1.54) is 22.0 Å². The monoisotopic (exact) mass is 390 g/mol. The van der Waals surface area contributed by atoms with Crippen LogP contribution in [0.5, 0.6) is 0 Å². The molecule has 4 nitrogen and oxygen atoms in total. The minimum Gasteiger partial charge on any atom is -0.361 e. The molecule has 2 aromatic heterocycles. The molecule has 0 aliphatic heterocycles. The Morgan fingerprint density at radius 2 is 1.71 bits per heavy atom. The van der Waals surface area contributed by atoms with Gasteiger partial charge in [-0.05, 0) is 35.4 Å². The number of hydrogen-bond donors (Lipinski definition) is 3. The molecule has 5 heteroatoms. The van der Waals surface area contributed by atoms with Crippen molar-refractivity contribution in [3.05, 3.63) is 96.4 Å². The highest BCUT2D eigenvalue weighted by molar-refractivity contribution is 7.80. The Morgan fingerprint density at radius 1 is 0.929 bits per heavy atom. The van der Waals surface area contributed by atoms with Crippen molar-refractivity contribution >= 4 is 23.5 Å². The van der Waals surface area contributed by atoms with E-state index in [9.17, 15) is 0 Å². The molecule has 2 aromatic carbocycles. The van der Waals surface area contributed by atoms with Gasteiger partial charge in [0.1, 0.15) is 0 Å². The van der Waals surface area contributed by atoms with Crippen LogP contribution >= 0.6 is 12.6 Å². The third-order valence-electron chi connectivity index (χ3n) is 4.40. The van der Waals surface area contributed by atoms with Gasteiger partial charge < -0.3 is 10.7 Å². The van der Waals surface area contributed by atoms with Crippen molar-refractivity contribution in [2.75, 3.05) is 13.1 Å². The van der Waals surface area contributed by atoms with Gasteiger partial charge >= 0.3 is 0 Å². The Kier molecular flexibility index (Phi) is 7.67. The van der Waals surface area contributed by atoms with Crippen molar-refractivity contribution in [2.24, 2.45) is 5.73 Å². The van der Waals surface area contributed by atoms with Crippen LogP contribution < -0.4 is 5.73 Å². The second kappa shape index (κ2) is 10.7. The van der Waals surface area contributed by atoms with Crippen LogP contribution in [0.2, 0.25) is 0 Å². The number of aromatic nitrogens is 2. The molecule has 0 amide bonds. The van der Waals surface area contributed by atoms with E-state index in [0.29, 0.717) is 6.54 Å². The van der Waals surface area contributed by atoms with E-state index in [4.69, 9.17) is 5.73 Å². The topological polar surface area (TPSA) is 57.9 Å². The molecular weight excluding hydrogens is 364 g/mol. The Bertz CT molecular complexity index is 954. The molecule has 0 saturated carbocycles. The molecule has 0 atom stereocenters. The highest BCUT2D eigenvalue weighted by atomic mass is 32.1. The third kappa shape index (κ3) is 5.96. The van der Waals surface area contributed by atoms with Gasteiger partial charge in [0.2, 0.25) is 0 Å². The van der Waals surface area contributed by atoms with Crippen LogP contribution in [0.25, 0.3) is 10.9 Å². The van der Waals surface area contributed by atoms with Crippen LogP contribution in [0.1, 0.15) is 11.1 Å². The highest BCUT2D eigenvalue weighted by Crippen LogP contribution is 2.20. The maximum absolute atomic E-state index is 5.76. The van der Waals surface area contributed by atoms with Crippen LogP contribution in [0.3, 0.4) is 0 Å². The molecule has 0 bridgehead atoms. The fraction of sp³-hybridized carbons (Fsp3) is 0.174. The number of nitrogens with zero attached hydrogens (tertiary/aromatic N) is 2. The molecule has 144 valence electrons. The average Bonchev–Trinajstić information content (AvgIpc) is 3.13. The molecule has 0 saturated heterocycles. The van der Waals surface area contributed by atoms with Crippen molar-refractivity contribution in [1.29, 1.82) is 0 Å². The lowest BCUT2D eigenvalue weighted by molar-refractivity contribution is 0.265. The maximum atomic E-state index is 5.76. The quantitative estimate of drug-likeness (QED) is 0.425. The van der Waals surface area contributed by atoms with Crippen molar-refractivity contribution in [3.63, 3.8) is 0 Å². The summed E-state index contributed by atoms with van der Waals surface area (Å²) < 4.78 is 0. The van der Waals surface area contributed by atoms with Gasteiger partial charge in [-0.2, -0.15) is 0 Å². The van der Waals surface area contributed by atoms with Gasteiger partial charge in [0.25, 0.3) is 0 Å². The first kappa shape index (κ1) is 20.1. The number of nitrogens with two attached hydrogens (primary N) is 1. The van der Waals surface area contributed by atoms with Crippen LogP contribution in [0.4, 0.5) is 0 Å². The number of pyridine rings is 1. The molecule has 4 aromatic rings. The summed E-state index contributed by atoms with van der Waals surface area (Å²) in [7, 11) is 0.